The van der Waals surface area contributed by atoms with Crippen LogP contribution in [0.15, 0.2) is 6.33 Å². The fourth-order valence-corrected chi connectivity index (χ4v) is 1.33. The molecule has 5 nitrogen and oxygen atoms in total. The summed E-state index contributed by atoms with van der Waals surface area (Å²) in [6, 6.07) is 0.401. The van der Waals surface area contributed by atoms with Crippen LogP contribution in [0.5, 0.6) is 0 Å². The standard InChI is InChI=1S/C9H18N4O/c1-10-8(4-5-14-3)6-9-11-7-12-13(9)2/h7-8,10H,4-6H2,1-3H3. The molecule has 1 atom stereocenters. The van der Waals surface area contributed by atoms with E-state index < -0.39 is 0 Å². The maximum atomic E-state index is 5.04. The second-order valence-electron chi connectivity index (χ2n) is 3.27. The van der Waals surface area contributed by atoms with Crippen LogP contribution in [0.25, 0.3) is 0 Å². The third kappa shape index (κ3) is 3.08. The molecule has 80 valence electrons. The first kappa shape index (κ1) is 11.1. The summed E-state index contributed by atoms with van der Waals surface area (Å²) in [6.07, 6.45) is 3.45. The van der Waals surface area contributed by atoms with Crippen molar-refractivity contribution in [2.45, 2.75) is 18.9 Å². The van der Waals surface area contributed by atoms with Gasteiger partial charge in [-0.2, -0.15) is 5.10 Å². The maximum absolute atomic E-state index is 5.04. The molecule has 1 unspecified atom stereocenters. The molecule has 1 N–H and O–H groups in total. The Labute approximate surface area is 84.5 Å². The van der Waals surface area contributed by atoms with Crippen LogP contribution in [0.3, 0.4) is 0 Å². The zero-order chi connectivity index (χ0) is 10.4. The van der Waals surface area contributed by atoms with Gasteiger partial charge in [0.05, 0.1) is 0 Å². The van der Waals surface area contributed by atoms with E-state index >= 15 is 0 Å². The van der Waals surface area contributed by atoms with Crippen molar-refractivity contribution >= 4 is 0 Å². The summed E-state index contributed by atoms with van der Waals surface area (Å²) in [4.78, 5) is 4.18. The lowest BCUT2D eigenvalue weighted by atomic mass is 10.1. The number of hydrogen-bond donors (Lipinski definition) is 1. The number of hydrogen-bond acceptors (Lipinski definition) is 4. The van der Waals surface area contributed by atoms with E-state index in [1.54, 1.807) is 18.1 Å². The van der Waals surface area contributed by atoms with E-state index in [4.69, 9.17) is 4.74 Å². The maximum Gasteiger partial charge on any atom is 0.138 e. The average molecular weight is 198 g/mol. The van der Waals surface area contributed by atoms with Crippen LogP contribution < -0.4 is 5.32 Å². The third-order valence-corrected chi connectivity index (χ3v) is 2.31. The lowest BCUT2D eigenvalue weighted by Crippen LogP contribution is -2.30. The second-order valence-corrected chi connectivity index (χ2v) is 3.27. The van der Waals surface area contributed by atoms with Crippen molar-refractivity contribution in [2.24, 2.45) is 7.05 Å². The molecule has 0 saturated heterocycles. The minimum atomic E-state index is 0.401. The monoisotopic (exact) mass is 198 g/mol. The Morgan fingerprint density at radius 2 is 2.43 bits per heavy atom. The van der Waals surface area contributed by atoms with E-state index in [2.05, 4.69) is 15.4 Å². The number of aromatic nitrogens is 3. The molecule has 0 aliphatic heterocycles. The van der Waals surface area contributed by atoms with Crippen molar-refractivity contribution in [3.63, 3.8) is 0 Å². The SMILES string of the molecule is CNC(CCOC)Cc1ncnn1C. The number of nitrogens with one attached hydrogen (secondary N) is 1. The van der Waals surface area contributed by atoms with Crippen LogP contribution in [-0.4, -0.2) is 41.6 Å². The predicted molar refractivity (Wildman–Crippen MR) is 54.0 cm³/mol. The van der Waals surface area contributed by atoms with Crippen molar-refractivity contribution < 1.29 is 4.74 Å². The van der Waals surface area contributed by atoms with E-state index in [9.17, 15) is 0 Å². The van der Waals surface area contributed by atoms with Gasteiger partial charge in [0, 0.05) is 33.2 Å². The topological polar surface area (TPSA) is 52.0 Å². The minimum absolute atomic E-state index is 0.401. The van der Waals surface area contributed by atoms with Crippen LogP contribution in [0.4, 0.5) is 0 Å². The van der Waals surface area contributed by atoms with Crippen LogP contribution >= 0.6 is 0 Å². The van der Waals surface area contributed by atoms with Crippen LogP contribution in [0.2, 0.25) is 0 Å². The molecule has 0 bridgehead atoms. The molecule has 0 radical (unpaired) electrons. The highest BCUT2D eigenvalue weighted by atomic mass is 16.5. The molecule has 0 spiro atoms. The fourth-order valence-electron chi connectivity index (χ4n) is 1.33. The molecular weight excluding hydrogens is 180 g/mol. The van der Waals surface area contributed by atoms with Crippen molar-refractivity contribution in [1.29, 1.82) is 0 Å². The lowest BCUT2D eigenvalue weighted by molar-refractivity contribution is 0.183. The largest absolute Gasteiger partial charge is 0.385 e. The van der Waals surface area contributed by atoms with Gasteiger partial charge in [-0.1, -0.05) is 0 Å². The third-order valence-electron chi connectivity index (χ3n) is 2.31. The molecule has 5 heteroatoms. The highest BCUT2D eigenvalue weighted by molar-refractivity contribution is 4.88. The van der Waals surface area contributed by atoms with Gasteiger partial charge in [-0.3, -0.25) is 4.68 Å². The molecule has 1 rings (SSSR count). The van der Waals surface area contributed by atoms with Crippen molar-refractivity contribution in [3.8, 4) is 0 Å². The normalized spacial score (nSPS) is 13.1. The first-order chi connectivity index (χ1) is 6.77. The lowest BCUT2D eigenvalue weighted by Gasteiger charge is -2.14. The highest BCUT2D eigenvalue weighted by Gasteiger charge is 2.10. The molecule has 1 heterocycles. The molecule has 0 aromatic carbocycles. The summed E-state index contributed by atoms with van der Waals surface area (Å²) in [5.74, 6) is 1.00. The van der Waals surface area contributed by atoms with E-state index in [1.807, 2.05) is 14.1 Å². The van der Waals surface area contributed by atoms with Gasteiger partial charge in [0.2, 0.25) is 0 Å². The number of methoxy groups -OCH3 is 1. The fraction of sp³-hybridized carbons (Fsp3) is 0.778. The van der Waals surface area contributed by atoms with Crippen LogP contribution in [0, 0.1) is 0 Å². The number of rotatable bonds is 6. The quantitative estimate of drug-likeness (QED) is 0.698. The highest BCUT2D eigenvalue weighted by Crippen LogP contribution is 2.01. The number of nitrogens with zero attached hydrogens (tertiary/aromatic N) is 3. The average Bonchev–Trinajstić information content (AvgIpc) is 2.59. The Hall–Kier alpha value is -0.940. The molecule has 0 aliphatic rings. The van der Waals surface area contributed by atoms with Gasteiger partial charge in [-0.15, -0.1) is 0 Å². The van der Waals surface area contributed by atoms with Crippen molar-refractivity contribution in [3.05, 3.63) is 12.2 Å². The zero-order valence-electron chi connectivity index (χ0n) is 9.03. The van der Waals surface area contributed by atoms with E-state index in [-0.39, 0.29) is 0 Å². The molecule has 0 aliphatic carbocycles. The summed E-state index contributed by atoms with van der Waals surface area (Å²) >= 11 is 0. The van der Waals surface area contributed by atoms with E-state index in [0.29, 0.717) is 6.04 Å². The number of ether oxygens (including phenoxy) is 1. The molecule has 14 heavy (non-hydrogen) atoms. The van der Waals surface area contributed by atoms with Crippen molar-refractivity contribution in [2.75, 3.05) is 20.8 Å². The molecule has 0 amide bonds. The van der Waals surface area contributed by atoms with Crippen LogP contribution in [0.1, 0.15) is 12.2 Å². The summed E-state index contributed by atoms with van der Waals surface area (Å²) in [7, 11) is 5.58. The van der Waals surface area contributed by atoms with Crippen molar-refractivity contribution in [1.82, 2.24) is 20.1 Å². The molecule has 1 aromatic heterocycles. The Morgan fingerprint density at radius 1 is 1.64 bits per heavy atom. The first-order valence-electron chi connectivity index (χ1n) is 4.77. The summed E-state index contributed by atoms with van der Waals surface area (Å²) in [6.45, 7) is 0.767. The van der Waals surface area contributed by atoms with Gasteiger partial charge in [-0.25, -0.2) is 4.98 Å². The van der Waals surface area contributed by atoms with Gasteiger partial charge in [0.25, 0.3) is 0 Å². The molecule has 1 aromatic rings. The smallest absolute Gasteiger partial charge is 0.138 e. The van der Waals surface area contributed by atoms with Gasteiger partial charge in [0.1, 0.15) is 12.2 Å². The zero-order valence-corrected chi connectivity index (χ0v) is 9.03. The number of likely N-dealkylation sites (N-methyl/N-ethyl adjacent to an activating group) is 1. The summed E-state index contributed by atoms with van der Waals surface area (Å²) in [5.41, 5.74) is 0. The summed E-state index contributed by atoms with van der Waals surface area (Å²) < 4.78 is 6.84. The minimum Gasteiger partial charge on any atom is -0.385 e. The molecular formula is C9H18N4O. The Bertz CT molecular complexity index is 261. The molecule has 0 fully saturated rings. The second kappa shape index (κ2) is 5.72. The van der Waals surface area contributed by atoms with Gasteiger partial charge in [0.15, 0.2) is 0 Å². The Balaban J connectivity index is 2.44. The molecule has 0 saturated carbocycles. The van der Waals surface area contributed by atoms with Crippen LogP contribution in [-0.2, 0) is 18.2 Å². The Kier molecular flexibility index (Phi) is 4.55. The van der Waals surface area contributed by atoms with E-state index in [1.165, 1.54) is 0 Å². The summed E-state index contributed by atoms with van der Waals surface area (Å²) in [5, 5.41) is 7.27. The Morgan fingerprint density at radius 3 is 2.93 bits per heavy atom. The predicted octanol–water partition coefficient (Wildman–Crippen LogP) is -0.0179. The van der Waals surface area contributed by atoms with Gasteiger partial charge < -0.3 is 10.1 Å². The van der Waals surface area contributed by atoms with Gasteiger partial charge in [-0.05, 0) is 13.5 Å². The van der Waals surface area contributed by atoms with Gasteiger partial charge >= 0.3 is 0 Å². The van der Waals surface area contributed by atoms with E-state index in [0.717, 1.165) is 25.3 Å². The number of aryl methyl sites for hydroxylation is 1. The first-order valence-corrected chi connectivity index (χ1v) is 4.77.